The van der Waals surface area contributed by atoms with Gasteiger partial charge in [0.2, 0.25) is 0 Å². The summed E-state index contributed by atoms with van der Waals surface area (Å²) in [5.41, 5.74) is 2.31. The van der Waals surface area contributed by atoms with E-state index in [1.165, 1.54) is 129 Å². The number of fused-ring (bicyclic) bond motifs is 16. The smallest absolute Gasteiger partial charge is 0.0471 e. The Morgan fingerprint density at radius 3 is 0.755 bits per heavy atom. The monoisotopic (exact) mass is 665 g/mol. The first-order valence-corrected chi connectivity index (χ1v) is 18.6. The molecule has 0 spiro atoms. The third-order valence-corrected chi connectivity index (χ3v) is 12.8. The zero-order chi connectivity index (χ0) is 34.1. The normalized spacial score (nSPS) is 12.9. The molecular weight excluding hydrogens is 639 g/mol. The van der Waals surface area contributed by atoms with Crippen LogP contribution in [0.4, 0.5) is 11.4 Å². The average molecular weight is 666 g/mol. The van der Waals surface area contributed by atoms with Gasteiger partial charge in [0.25, 0.3) is 0 Å². The molecule has 0 bridgehead atoms. The van der Waals surface area contributed by atoms with Gasteiger partial charge in [-0.15, -0.1) is 0 Å². The fourth-order valence-electron chi connectivity index (χ4n) is 10.9. The second kappa shape index (κ2) is 9.09. The SMILES string of the molecule is c1ccc2c(c1)c1cccc3c1c2c1c(Nc2ccc4c5ccccc5c5c6cccc7c8ccccc8c(c2c45)c76)ccc2c4ccccc4c3c21. The summed E-state index contributed by atoms with van der Waals surface area (Å²) >= 11 is 0. The Labute approximate surface area is 302 Å². The topological polar surface area (TPSA) is 12.0 Å². The lowest BCUT2D eigenvalue weighted by Gasteiger charge is -2.17. The molecule has 0 heterocycles. The number of rotatable bonds is 2. The van der Waals surface area contributed by atoms with Crippen LogP contribution in [0, 0.1) is 0 Å². The van der Waals surface area contributed by atoms with Gasteiger partial charge in [-0.05, 0) is 109 Å². The molecule has 0 aromatic heterocycles. The fraction of sp³-hybridized carbons (Fsp3) is 0. The highest BCUT2D eigenvalue weighted by Crippen LogP contribution is 2.55. The molecule has 0 aliphatic heterocycles. The van der Waals surface area contributed by atoms with Crippen molar-refractivity contribution in [3.05, 3.63) is 158 Å². The largest absolute Gasteiger partial charge is 0.354 e. The molecule has 0 aliphatic rings. The maximum Gasteiger partial charge on any atom is 0.0471 e. The Hall–Kier alpha value is -6.96. The van der Waals surface area contributed by atoms with E-state index in [-0.39, 0.29) is 0 Å². The minimum atomic E-state index is 1.15. The van der Waals surface area contributed by atoms with Crippen molar-refractivity contribution in [1.29, 1.82) is 0 Å². The molecule has 0 saturated heterocycles. The number of hydrogen-bond acceptors (Lipinski definition) is 1. The molecule has 0 unspecified atom stereocenters. The van der Waals surface area contributed by atoms with Crippen LogP contribution in [0.25, 0.3) is 129 Å². The Morgan fingerprint density at radius 2 is 0.415 bits per heavy atom. The molecule has 0 fully saturated rings. The molecule has 53 heavy (non-hydrogen) atoms. The number of benzene rings is 10. The Morgan fingerprint density at radius 1 is 0.170 bits per heavy atom. The average Bonchev–Trinajstić information content (AvgIpc) is 3.94. The molecule has 14 rings (SSSR count). The molecule has 0 aliphatic carbocycles. The molecule has 0 radical (unpaired) electrons. The van der Waals surface area contributed by atoms with Gasteiger partial charge in [0.1, 0.15) is 0 Å². The van der Waals surface area contributed by atoms with Crippen molar-refractivity contribution in [2.45, 2.75) is 0 Å². The van der Waals surface area contributed by atoms with Gasteiger partial charge in [-0.25, -0.2) is 0 Å². The third kappa shape index (κ3) is 2.99. The van der Waals surface area contributed by atoms with Crippen molar-refractivity contribution in [1.82, 2.24) is 0 Å². The molecule has 0 saturated carbocycles. The van der Waals surface area contributed by atoms with E-state index in [1.807, 2.05) is 0 Å². The summed E-state index contributed by atoms with van der Waals surface area (Å²) in [7, 11) is 0. The molecule has 240 valence electrons. The van der Waals surface area contributed by atoms with E-state index in [0.29, 0.717) is 0 Å². The Kier molecular flexibility index (Phi) is 4.59. The summed E-state index contributed by atoms with van der Waals surface area (Å²) in [5, 5.41) is 36.3. The van der Waals surface area contributed by atoms with Crippen LogP contribution in [0.1, 0.15) is 0 Å². The van der Waals surface area contributed by atoms with Crippen molar-refractivity contribution in [2.24, 2.45) is 0 Å². The fourth-order valence-corrected chi connectivity index (χ4v) is 10.9. The van der Waals surface area contributed by atoms with Crippen molar-refractivity contribution in [2.75, 3.05) is 5.32 Å². The predicted octanol–water partition coefficient (Wildman–Crippen LogP) is 15.0. The van der Waals surface area contributed by atoms with Crippen LogP contribution in [-0.2, 0) is 0 Å². The quantitative estimate of drug-likeness (QED) is 0.181. The van der Waals surface area contributed by atoms with E-state index >= 15 is 0 Å². The summed E-state index contributed by atoms with van der Waals surface area (Å²) in [4.78, 5) is 0. The molecule has 14 aromatic rings. The van der Waals surface area contributed by atoms with E-state index in [2.05, 4.69) is 163 Å². The zero-order valence-electron chi connectivity index (χ0n) is 28.5. The first kappa shape index (κ1) is 26.8. The molecule has 1 N–H and O–H groups in total. The van der Waals surface area contributed by atoms with E-state index < -0.39 is 0 Å². The van der Waals surface area contributed by atoms with Crippen molar-refractivity contribution in [3.63, 3.8) is 0 Å². The Bertz CT molecular complexity index is 3600. The molecule has 1 nitrogen and oxygen atoms in total. The highest BCUT2D eigenvalue weighted by molar-refractivity contribution is 6.51. The standard InChI is InChI=1S/C52H27N/c1-5-15-31-29(13-1)37-23-25-41(51-47-35-17-7-3-11-27(35)33-19-9-21-39(45(33)47)43(31)49(37)51)53-42-26-24-38-30-14-2-6-16-32(30)44-40-22-10-20-34-28-12-4-8-18-36(28)48(46(34)40)52(42)50(38)44/h1-26,53H. The number of hydrogen-bond donors (Lipinski definition) is 1. The van der Waals surface area contributed by atoms with E-state index in [0.717, 1.165) is 11.4 Å². The van der Waals surface area contributed by atoms with Crippen LogP contribution in [0.2, 0.25) is 0 Å². The maximum absolute atomic E-state index is 4.19. The molecular formula is C52H27N. The van der Waals surface area contributed by atoms with Gasteiger partial charge < -0.3 is 5.32 Å². The number of nitrogens with one attached hydrogen (secondary N) is 1. The molecule has 0 amide bonds. The van der Waals surface area contributed by atoms with Gasteiger partial charge in [-0.2, -0.15) is 0 Å². The number of anilines is 2. The van der Waals surface area contributed by atoms with Gasteiger partial charge in [0, 0.05) is 43.7 Å². The van der Waals surface area contributed by atoms with Crippen molar-refractivity contribution >= 4 is 141 Å². The minimum absolute atomic E-state index is 1.15. The molecule has 14 aromatic carbocycles. The van der Waals surface area contributed by atoms with Crippen LogP contribution < -0.4 is 5.32 Å². The van der Waals surface area contributed by atoms with Gasteiger partial charge in [0.05, 0.1) is 0 Å². The maximum atomic E-state index is 4.19. The van der Waals surface area contributed by atoms with Crippen LogP contribution in [0.15, 0.2) is 158 Å². The van der Waals surface area contributed by atoms with Gasteiger partial charge in [-0.1, -0.05) is 146 Å². The van der Waals surface area contributed by atoms with E-state index in [9.17, 15) is 0 Å². The predicted molar refractivity (Wildman–Crippen MR) is 231 cm³/mol. The summed E-state index contributed by atoms with van der Waals surface area (Å²) in [6, 6.07) is 59.2. The molecule has 1 heteroatoms. The van der Waals surface area contributed by atoms with Gasteiger partial charge in [0.15, 0.2) is 0 Å². The van der Waals surface area contributed by atoms with Crippen LogP contribution in [0.3, 0.4) is 0 Å². The van der Waals surface area contributed by atoms with Crippen LogP contribution in [-0.4, -0.2) is 0 Å². The van der Waals surface area contributed by atoms with Crippen LogP contribution in [0.5, 0.6) is 0 Å². The minimum Gasteiger partial charge on any atom is -0.354 e. The van der Waals surface area contributed by atoms with Crippen molar-refractivity contribution in [3.8, 4) is 0 Å². The highest BCUT2D eigenvalue weighted by Gasteiger charge is 2.26. The third-order valence-electron chi connectivity index (χ3n) is 12.8. The van der Waals surface area contributed by atoms with E-state index in [4.69, 9.17) is 0 Å². The molecule has 0 atom stereocenters. The lowest BCUT2D eigenvalue weighted by atomic mass is 9.93. The van der Waals surface area contributed by atoms with Crippen molar-refractivity contribution < 1.29 is 0 Å². The second-order valence-electron chi connectivity index (χ2n) is 15.1. The zero-order valence-corrected chi connectivity index (χ0v) is 28.5. The summed E-state index contributed by atoms with van der Waals surface area (Å²) < 4.78 is 0. The van der Waals surface area contributed by atoms with Crippen LogP contribution >= 0.6 is 0 Å². The summed E-state index contributed by atoms with van der Waals surface area (Å²) in [6.07, 6.45) is 0. The Balaban J connectivity index is 1.20. The lowest BCUT2D eigenvalue weighted by molar-refractivity contribution is 1.66. The van der Waals surface area contributed by atoms with Gasteiger partial charge >= 0.3 is 0 Å². The second-order valence-corrected chi connectivity index (χ2v) is 15.1. The highest BCUT2D eigenvalue weighted by atomic mass is 14.9. The summed E-state index contributed by atoms with van der Waals surface area (Å²) in [6.45, 7) is 0. The van der Waals surface area contributed by atoms with E-state index in [1.54, 1.807) is 0 Å². The summed E-state index contributed by atoms with van der Waals surface area (Å²) in [5.74, 6) is 0. The van der Waals surface area contributed by atoms with Gasteiger partial charge in [-0.3, -0.25) is 0 Å². The first-order valence-electron chi connectivity index (χ1n) is 18.6. The lowest BCUT2D eigenvalue weighted by Crippen LogP contribution is -1.94. The first-order chi connectivity index (χ1) is 26.3.